The highest BCUT2D eigenvalue weighted by Gasteiger charge is 2.03. The molecule has 7 heteroatoms. The van der Waals surface area contributed by atoms with Crippen molar-refractivity contribution in [2.24, 2.45) is 0 Å². The lowest BCUT2D eigenvalue weighted by atomic mass is 10.5. The third-order valence-corrected chi connectivity index (χ3v) is 2.52. The molecule has 0 radical (unpaired) electrons. The Balaban J connectivity index is 2.30. The molecule has 16 heavy (non-hydrogen) atoms. The molecule has 2 aromatic heterocycles. The summed E-state index contributed by atoms with van der Waals surface area (Å²) < 4.78 is 0. The van der Waals surface area contributed by atoms with Crippen LogP contribution in [0.4, 0.5) is 5.95 Å². The van der Waals surface area contributed by atoms with E-state index in [1.165, 1.54) is 24.0 Å². The average Bonchev–Trinajstić information content (AvgIpc) is 2.15. The molecule has 0 bridgehead atoms. The van der Waals surface area contributed by atoms with Crippen LogP contribution in [0.1, 0.15) is 5.69 Å². The van der Waals surface area contributed by atoms with E-state index in [2.05, 4.69) is 19.9 Å². The van der Waals surface area contributed by atoms with Gasteiger partial charge in [0.15, 0.2) is 5.16 Å². The Hall–Kier alpha value is -1.89. The number of rotatable bonds is 2. The van der Waals surface area contributed by atoms with Gasteiger partial charge >= 0.3 is 0 Å². The molecule has 2 rings (SSSR count). The Labute approximate surface area is 95.4 Å². The number of nitrogen functional groups attached to an aromatic ring is 1. The van der Waals surface area contributed by atoms with Crippen molar-refractivity contribution in [2.45, 2.75) is 17.1 Å². The number of hydrogen-bond donors (Lipinski definition) is 2. The number of aryl methyl sites for hydroxylation is 1. The van der Waals surface area contributed by atoms with Gasteiger partial charge in [0.25, 0.3) is 5.56 Å². The number of H-pyrrole nitrogens is 1. The largest absolute Gasteiger partial charge is 0.368 e. The van der Waals surface area contributed by atoms with Crippen LogP contribution in [0.5, 0.6) is 0 Å². The zero-order chi connectivity index (χ0) is 11.5. The number of hydrogen-bond acceptors (Lipinski definition) is 6. The summed E-state index contributed by atoms with van der Waals surface area (Å²) in [6.45, 7) is 1.82. The summed E-state index contributed by atoms with van der Waals surface area (Å²) in [5, 5.41) is 1.13. The van der Waals surface area contributed by atoms with E-state index >= 15 is 0 Å². The number of aromatic amines is 1. The van der Waals surface area contributed by atoms with Crippen molar-refractivity contribution in [3.05, 3.63) is 34.4 Å². The Morgan fingerprint density at radius 2 is 2.25 bits per heavy atom. The lowest BCUT2D eigenvalue weighted by Crippen LogP contribution is -2.05. The second kappa shape index (κ2) is 4.31. The van der Waals surface area contributed by atoms with Crippen molar-refractivity contribution < 1.29 is 0 Å². The van der Waals surface area contributed by atoms with Gasteiger partial charge in [-0.2, -0.15) is 0 Å². The molecule has 0 aliphatic carbocycles. The fraction of sp³-hybridized carbons (Fsp3) is 0.111. The molecule has 2 heterocycles. The molecule has 0 atom stereocenters. The van der Waals surface area contributed by atoms with Crippen LogP contribution >= 0.6 is 11.8 Å². The van der Waals surface area contributed by atoms with Crippen LogP contribution in [-0.2, 0) is 0 Å². The SMILES string of the molecule is Cc1cc(Sc2nccc(=O)[nH]2)nc(N)n1. The summed E-state index contributed by atoms with van der Waals surface area (Å²) in [4.78, 5) is 25.6. The predicted molar refractivity (Wildman–Crippen MR) is 60.2 cm³/mol. The molecule has 2 aromatic rings. The predicted octanol–water partition coefficient (Wildman–Crippen LogP) is 0.602. The number of aromatic nitrogens is 4. The molecule has 0 saturated heterocycles. The number of nitrogens with two attached hydrogens (primary N) is 1. The van der Waals surface area contributed by atoms with E-state index in [0.29, 0.717) is 10.2 Å². The van der Waals surface area contributed by atoms with E-state index in [1.54, 1.807) is 6.07 Å². The first-order valence-corrected chi connectivity index (χ1v) is 5.29. The molecular formula is C9H9N5OS. The van der Waals surface area contributed by atoms with Gasteiger partial charge in [0.1, 0.15) is 5.03 Å². The normalized spacial score (nSPS) is 10.3. The topological polar surface area (TPSA) is 97.5 Å². The van der Waals surface area contributed by atoms with E-state index < -0.39 is 0 Å². The van der Waals surface area contributed by atoms with Crippen LogP contribution in [0, 0.1) is 6.92 Å². The van der Waals surface area contributed by atoms with Gasteiger partial charge in [-0.3, -0.25) is 4.79 Å². The lowest BCUT2D eigenvalue weighted by Gasteiger charge is -2.01. The Morgan fingerprint density at radius 1 is 1.44 bits per heavy atom. The van der Waals surface area contributed by atoms with Crippen LogP contribution in [0.3, 0.4) is 0 Å². The second-order valence-corrected chi connectivity index (χ2v) is 4.06. The van der Waals surface area contributed by atoms with Crippen molar-refractivity contribution in [1.82, 2.24) is 19.9 Å². The number of nitrogens with one attached hydrogen (secondary N) is 1. The molecule has 0 saturated carbocycles. The summed E-state index contributed by atoms with van der Waals surface area (Å²) in [7, 11) is 0. The van der Waals surface area contributed by atoms with Crippen molar-refractivity contribution in [1.29, 1.82) is 0 Å². The zero-order valence-electron chi connectivity index (χ0n) is 8.47. The van der Waals surface area contributed by atoms with Crippen LogP contribution in [-0.4, -0.2) is 19.9 Å². The quantitative estimate of drug-likeness (QED) is 0.584. The van der Waals surface area contributed by atoms with Gasteiger partial charge in [-0.05, 0) is 24.8 Å². The molecule has 0 amide bonds. The molecule has 6 nitrogen and oxygen atoms in total. The summed E-state index contributed by atoms with van der Waals surface area (Å²) >= 11 is 1.23. The maximum Gasteiger partial charge on any atom is 0.251 e. The van der Waals surface area contributed by atoms with E-state index in [-0.39, 0.29) is 11.5 Å². The van der Waals surface area contributed by atoms with Crippen molar-refractivity contribution in [2.75, 3.05) is 5.73 Å². The van der Waals surface area contributed by atoms with E-state index in [9.17, 15) is 4.79 Å². The highest BCUT2D eigenvalue weighted by atomic mass is 32.2. The van der Waals surface area contributed by atoms with Crippen molar-refractivity contribution in [3.8, 4) is 0 Å². The Bertz CT molecular complexity index is 548. The molecule has 82 valence electrons. The van der Waals surface area contributed by atoms with Crippen LogP contribution in [0.15, 0.2) is 33.3 Å². The van der Waals surface area contributed by atoms with Crippen LogP contribution in [0.25, 0.3) is 0 Å². The Kier molecular flexibility index (Phi) is 2.86. The fourth-order valence-corrected chi connectivity index (χ4v) is 1.95. The summed E-state index contributed by atoms with van der Waals surface area (Å²) in [5.74, 6) is 0.209. The smallest absolute Gasteiger partial charge is 0.251 e. The first-order valence-electron chi connectivity index (χ1n) is 4.48. The molecule has 0 fully saturated rings. The molecule has 0 aliphatic heterocycles. The van der Waals surface area contributed by atoms with Crippen molar-refractivity contribution in [3.63, 3.8) is 0 Å². The third kappa shape index (κ3) is 2.57. The van der Waals surface area contributed by atoms with Crippen molar-refractivity contribution >= 4 is 17.7 Å². The maximum absolute atomic E-state index is 11.0. The summed E-state index contributed by atoms with van der Waals surface area (Å²) in [5.41, 5.74) is 6.09. The molecule has 3 N–H and O–H groups in total. The second-order valence-electron chi connectivity index (χ2n) is 3.05. The third-order valence-electron chi connectivity index (χ3n) is 1.70. The Morgan fingerprint density at radius 3 is 2.94 bits per heavy atom. The molecule has 0 spiro atoms. The van der Waals surface area contributed by atoms with Gasteiger partial charge in [0.05, 0.1) is 0 Å². The van der Waals surface area contributed by atoms with Gasteiger partial charge in [-0.25, -0.2) is 15.0 Å². The molecule has 0 aliphatic rings. The highest BCUT2D eigenvalue weighted by Crippen LogP contribution is 2.22. The van der Waals surface area contributed by atoms with Crippen LogP contribution < -0.4 is 11.3 Å². The van der Waals surface area contributed by atoms with E-state index in [0.717, 1.165) is 5.69 Å². The van der Waals surface area contributed by atoms with E-state index in [1.807, 2.05) is 6.92 Å². The van der Waals surface area contributed by atoms with Crippen LogP contribution in [0.2, 0.25) is 0 Å². The molecular weight excluding hydrogens is 226 g/mol. The molecule has 0 unspecified atom stereocenters. The number of nitrogens with zero attached hydrogens (tertiary/aromatic N) is 3. The standard InChI is InChI=1S/C9H9N5OS/c1-5-4-7(14-8(10)12-5)16-9-11-3-2-6(15)13-9/h2-4H,1H3,(H2,10,12,14)(H,11,13,15). The summed E-state index contributed by atoms with van der Waals surface area (Å²) in [6, 6.07) is 3.12. The van der Waals surface area contributed by atoms with Gasteiger partial charge in [-0.15, -0.1) is 0 Å². The number of anilines is 1. The lowest BCUT2D eigenvalue weighted by molar-refractivity contribution is 0.928. The first kappa shape index (κ1) is 10.6. The first-order chi connectivity index (χ1) is 7.63. The van der Waals surface area contributed by atoms with Gasteiger partial charge in [0.2, 0.25) is 5.95 Å². The fourth-order valence-electron chi connectivity index (χ4n) is 1.12. The minimum Gasteiger partial charge on any atom is -0.368 e. The molecule has 0 aromatic carbocycles. The van der Waals surface area contributed by atoms with Gasteiger partial charge in [-0.1, -0.05) is 0 Å². The minimum absolute atomic E-state index is 0.198. The monoisotopic (exact) mass is 235 g/mol. The maximum atomic E-state index is 11.0. The minimum atomic E-state index is -0.198. The van der Waals surface area contributed by atoms with Gasteiger partial charge in [0, 0.05) is 18.0 Å². The average molecular weight is 235 g/mol. The highest BCUT2D eigenvalue weighted by molar-refractivity contribution is 7.99. The zero-order valence-corrected chi connectivity index (χ0v) is 9.28. The van der Waals surface area contributed by atoms with Gasteiger partial charge < -0.3 is 10.7 Å². The van der Waals surface area contributed by atoms with E-state index in [4.69, 9.17) is 5.73 Å². The summed E-state index contributed by atoms with van der Waals surface area (Å²) in [6.07, 6.45) is 1.44.